The molecule has 0 aromatic heterocycles. The molecule has 1 unspecified atom stereocenters. The number of ether oxygens (including phenoxy) is 2. The molecular weight excluding hydrogens is 300 g/mol. The maximum atomic E-state index is 11.9. The van der Waals surface area contributed by atoms with Gasteiger partial charge >= 0.3 is 5.97 Å². The molecular formula is C18H17ClO3. The lowest BCUT2D eigenvalue weighted by Gasteiger charge is -2.19. The molecule has 22 heavy (non-hydrogen) atoms. The van der Waals surface area contributed by atoms with E-state index >= 15 is 0 Å². The summed E-state index contributed by atoms with van der Waals surface area (Å²) in [4.78, 5) is 11.9. The van der Waals surface area contributed by atoms with Crippen LogP contribution in [0.4, 0.5) is 0 Å². The SMILES string of the molecule is C=C(C)C(=O)OC(c1ccc(Cl)cc1)c1ccc(OC)cc1. The molecule has 0 aliphatic carbocycles. The number of rotatable bonds is 5. The summed E-state index contributed by atoms with van der Waals surface area (Å²) in [6, 6.07) is 14.6. The third-order valence-electron chi connectivity index (χ3n) is 3.16. The van der Waals surface area contributed by atoms with Gasteiger partial charge in [0.2, 0.25) is 0 Å². The maximum Gasteiger partial charge on any atom is 0.334 e. The van der Waals surface area contributed by atoms with E-state index < -0.39 is 12.1 Å². The predicted molar refractivity (Wildman–Crippen MR) is 87.2 cm³/mol. The molecule has 0 amide bonds. The second kappa shape index (κ2) is 7.14. The van der Waals surface area contributed by atoms with Gasteiger partial charge in [-0.1, -0.05) is 42.4 Å². The number of carbonyl (C=O) groups is 1. The molecule has 4 heteroatoms. The first kappa shape index (κ1) is 16.1. The van der Waals surface area contributed by atoms with Crippen LogP contribution in [-0.2, 0) is 9.53 Å². The zero-order chi connectivity index (χ0) is 16.1. The fourth-order valence-corrected chi connectivity index (χ4v) is 2.08. The highest BCUT2D eigenvalue weighted by Crippen LogP contribution is 2.29. The van der Waals surface area contributed by atoms with Crippen LogP contribution in [0.1, 0.15) is 24.2 Å². The third kappa shape index (κ3) is 3.89. The molecule has 0 saturated heterocycles. The average molecular weight is 317 g/mol. The van der Waals surface area contributed by atoms with Gasteiger partial charge in [0, 0.05) is 10.6 Å². The van der Waals surface area contributed by atoms with Gasteiger partial charge in [-0.2, -0.15) is 0 Å². The van der Waals surface area contributed by atoms with E-state index in [0.717, 1.165) is 16.9 Å². The zero-order valence-electron chi connectivity index (χ0n) is 12.5. The van der Waals surface area contributed by atoms with E-state index in [9.17, 15) is 4.79 Å². The highest BCUT2D eigenvalue weighted by atomic mass is 35.5. The monoisotopic (exact) mass is 316 g/mol. The van der Waals surface area contributed by atoms with Crippen molar-refractivity contribution in [3.8, 4) is 5.75 Å². The summed E-state index contributed by atoms with van der Waals surface area (Å²) < 4.78 is 10.7. The Balaban J connectivity index is 2.37. The minimum Gasteiger partial charge on any atom is -0.497 e. The van der Waals surface area contributed by atoms with E-state index in [1.54, 1.807) is 26.2 Å². The van der Waals surface area contributed by atoms with Crippen LogP contribution in [0.15, 0.2) is 60.7 Å². The zero-order valence-corrected chi connectivity index (χ0v) is 13.3. The lowest BCUT2D eigenvalue weighted by atomic mass is 10.0. The standard InChI is InChI=1S/C18H17ClO3/c1-12(2)18(20)22-17(13-4-8-15(19)9-5-13)14-6-10-16(21-3)11-7-14/h4-11,17H,1H2,2-3H3. The molecule has 0 fully saturated rings. The fraction of sp³-hybridized carbons (Fsp3) is 0.167. The van der Waals surface area contributed by atoms with Gasteiger partial charge in [0.15, 0.2) is 6.10 Å². The van der Waals surface area contributed by atoms with E-state index in [1.807, 2.05) is 36.4 Å². The van der Waals surface area contributed by atoms with Crippen molar-refractivity contribution in [1.82, 2.24) is 0 Å². The smallest absolute Gasteiger partial charge is 0.334 e. The lowest BCUT2D eigenvalue weighted by molar-refractivity contribution is -0.142. The van der Waals surface area contributed by atoms with Crippen LogP contribution in [0.2, 0.25) is 5.02 Å². The van der Waals surface area contributed by atoms with E-state index in [-0.39, 0.29) is 0 Å². The minimum absolute atomic E-state index is 0.354. The Morgan fingerprint density at radius 3 is 2.00 bits per heavy atom. The fourth-order valence-electron chi connectivity index (χ4n) is 1.95. The molecule has 0 heterocycles. The topological polar surface area (TPSA) is 35.5 Å². The van der Waals surface area contributed by atoms with Crippen LogP contribution in [0.3, 0.4) is 0 Å². The Kier molecular flexibility index (Phi) is 5.23. The van der Waals surface area contributed by atoms with Gasteiger partial charge in [-0.3, -0.25) is 0 Å². The Bertz CT molecular complexity index is 660. The van der Waals surface area contributed by atoms with Crippen molar-refractivity contribution in [3.63, 3.8) is 0 Å². The number of hydrogen-bond donors (Lipinski definition) is 0. The van der Waals surface area contributed by atoms with Crippen LogP contribution in [0.25, 0.3) is 0 Å². The third-order valence-corrected chi connectivity index (χ3v) is 3.42. The number of benzene rings is 2. The summed E-state index contributed by atoms with van der Waals surface area (Å²) in [5.74, 6) is 0.306. The molecule has 2 rings (SSSR count). The summed E-state index contributed by atoms with van der Waals surface area (Å²) in [5, 5.41) is 0.628. The molecule has 114 valence electrons. The average Bonchev–Trinajstić information content (AvgIpc) is 2.53. The number of hydrogen-bond acceptors (Lipinski definition) is 3. The van der Waals surface area contributed by atoms with Crippen LogP contribution in [0, 0.1) is 0 Å². The summed E-state index contributed by atoms with van der Waals surface area (Å²) in [5.41, 5.74) is 2.04. The van der Waals surface area contributed by atoms with Gasteiger partial charge in [0.25, 0.3) is 0 Å². The Hall–Kier alpha value is -2.26. The highest BCUT2D eigenvalue weighted by Gasteiger charge is 2.19. The van der Waals surface area contributed by atoms with Gasteiger partial charge in [-0.25, -0.2) is 4.79 Å². The van der Waals surface area contributed by atoms with Gasteiger partial charge in [0.1, 0.15) is 5.75 Å². The van der Waals surface area contributed by atoms with Crippen molar-refractivity contribution in [3.05, 3.63) is 76.8 Å². The van der Waals surface area contributed by atoms with E-state index in [2.05, 4.69) is 6.58 Å². The van der Waals surface area contributed by atoms with Gasteiger partial charge in [-0.15, -0.1) is 0 Å². The number of carbonyl (C=O) groups excluding carboxylic acids is 1. The number of esters is 1. The summed E-state index contributed by atoms with van der Waals surface area (Å²) in [6.07, 6.45) is -0.521. The molecule has 0 radical (unpaired) electrons. The largest absolute Gasteiger partial charge is 0.497 e. The van der Waals surface area contributed by atoms with E-state index in [4.69, 9.17) is 21.1 Å². The molecule has 0 saturated carbocycles. The van der Waals surface area contributed by atoms with Gasteiger partial charge in [-0.05, 0) is 42.3 Å². The van der Waals surface area contributed by atoms with Gasteiger partial charge in [0.05, 0.1) is 7.11 Å². The van der Waals surface area contributed by atoms with E-state index in [1.165, 1.54) is 0 Å². The van der Waals surface area contributed by atoms with Gasteiger partial charge < -0.3 is 9.47 Å². The first-order chi connectivity index (χ1) is 10.5. The van der Waals surface area contributed by atoms with Crippen molar-refractivity contribution in [1.29, 1.82) is 0 Å². The van der Waals surface area contributed by atoms with Crippen molar-refractivity contribution >= 4 is 17.6 Å². The quantitative estimate of drug-likeness (QED) is 0.599. The molecule has 3 nitrogen and oxygen atoms in total. The Labute approximate surface area is 135 Å². The van der Waals surface area contributed by atoms with Crippen molar-refractivity contribution in [2.45, 2.75) is 13.0 Å². The molecule has 0 spiro atoms. The normalized spacial score (nSPS) is 11.6. The van der Waals surface area contributed by atoms with Crippen LogP contribution < -0.4 is 4.74 Å². The summed E-state index contributed by atoms with van der Waals surface area (Å²) >= 11 is 5.92. The molecule has 1 atom stereocenters. The predicted octanol–water partition coefficient (Wildman–Crippen LogP) is 4.56. The Morgan fingerprint density at radius 1 is 1.05 bits per heavy atom. The molecule has 0 N–H and O–H groups in total. The first-order valence-corrected chi connectivity index (χ1v) is 7.15. The van der Waals surface area contributed by atoms with Crippen LogP contribution >= 0.6 is 11.6 Å². The highest BCUT2D eigenvalue weighted by molar-refractivity contribution is 6.30. The van der Waals surface area contributed by atoms with E-state index in [0.29, 0.717) is 10.6 Å². The molecule has 2 aromatic carbocycles. The maximum absolute atomic E-state index is 11.9. The summed E-state index contributed by atoms with van der Waals surface area (Å²) in [7, 11) is 1.60. The van der Waals surface area contributed by atoms with Crippen molar-refractivity contribution < 1.29 is 14.3 Å². The summed E-state index contributed by atoms with van der Waals surface area (Å²) in [6.45, 7) is 5.24. The minimum atomic E-state index is -0.521. The molecule has 0 aliphatic rings. The second-order valence-electron chi connectivity index (χ2n) is 4.89. The number of methoxy groups -OCH3 is 1. The van der Waals surface area contributed by atoms with Crippen molar-refractivity contribution in [2.75, 3.05) is 7.11 Å². The molecule has 2 aromatic rings. The molecule has 0 aliphatic heterocycles. The molecule has 0 bridgehead atoms. The van der Waals surface area contributed by atoms with Crippen LogP contribution in [0.5, 0.6) is 5.75 Å². The lowest BCUT2D eigenvalue weighted by Crippen LogP contribution is -2.13. The second-order valence-corrected chi connectivity index (χ2v) is 5.33. The van der Waals surface area contributed by atoms with Crippen LogP contribution in [-0.4, -0.2) is 13.1 Å². The van der Waals surface area contributed by atoms with Crippen molar-refractivity contribution in [2.24, 2.45) is 0 Å². The first-order valence-electron chi connectivity index (χ1n) is 6.77. The Morgan fingerprint density at radius 2 is 1.55 bits per heavy atom. The number of halogens is 1.